The minimum atomic E-state index is -0.460. The summed E-state index contributed by atoms with van der Waals surface area (Å²) >= 11 is 1.14. The topological polar surface area (TPSA) is 87.2 Å². The molecule has 1 aliphatic rings. The van der Waals surface area contributed by atoms with Crippen LogP contribution in [0.25, 0.3) is 0 Å². The average molecular weight is 440 g/mol. The number of urea groups is 1. The third-order valence-corrected chi connectivity index (χ3v) is 6.30. The van der Waals surface area contributed by atoms with Gasteiger partial charge in [-0.05, 0) is 68.1 Å². The van der Waals surface area contributed by atoms with Crippen molar-refractivity contribution in [2.24, 2.45) is 0 Å². The number of hydrogen-bond acceptors (Lipinski definition) is 5. The van der Waals surface area contributed by atoms with Crippen molar-refractivity contribution in [3.8, 4) is 0 Å². The van der Waals surface area contributed by atoms with Gasteiger partial charge in [0.1, 0.15) is 10.8 Å². The molecule has 1 fully saturated rings. The maximum Gasteiger partial charge on any atom is 0.322 e. The molecule has 1 unspecified atom stereocenters. The second-order valence-electron chi connectivity index (χ2n) is 7.49. The van der Waals surface area contributed by atoms with Crippen LogP contribution in [0.2, 0.25) is 0 Å². The summed E-state index contributed by atoms with van der Waals surface area (Å²) in [7, 11) is 0. The largest absolute Gasteiger partial charge is 0.322 e. The first-order valence-electron chi connectivity index (χ1n) is 9.96. The molecule has 2 aromatic carbocycles. The lowest BCUT2D eigenvalue weighted by Crippen LogP contribution is -2.34. The molecule has 0 radical (unpaired) electrons. The fourth-order valence-electron chi connectivity index (χ4n) is 3.49. The van der Waals surface area contributed by atoms with Crippen LogP contribution in [-0.2, 0) is 0 Å². The quantitative estimate of drug-likeness (QED) is 0.604. The lowest BCUT2D eigenvalue weighted by Gasteiger charge is -2.23. The molecule has 0 saturated carbocycles. The molecule has 1 aromatic heterocycles. The van der Waals surface area contributed by atoms with E-state index in [1.54, 1.807) is 11.0 Å². The van der Waals surface area contributed by atoms with Crippen molar-refractivity contribution in [1.29, 1.82) is 0 Å². The summed E-state index contributed by atoms with van der Waals surface area (Å²) in [6, 6.07) is 11.0. The Labute approximate surface area is 183 Å². The second kappa shape index (κ2) is 8.81. The minimum absolute atomic E-state index is 0.167. The van der Waals surface area contributed by atoms with Gasteiger partial charge in [-0.3, -0.25) is 4.79 Å². The number of rotatable bonds is 4. The van der Waals surface area contributed by atoms with Gasteiger partial charge in [0.05, 0.1) is 6.04 Å². The number of anilines is 2. The number of carbonyl (C=O) groups is 2. The molecule has 7 nitrogen and oxygen atoms in total. The first-order valence-corrected chi connectivity index (χ1v) is 10.8. The number of aryl methyl sites for hydroxylation is 2. The fourth-order valence-corrected chi connectivity index (χ4v) is 4.38. The zero-order valence-corrected chi connectivity index (χ0v) is 18.0. The zero-order valence-electron chi connectivity index (χ0n) is 17.2. The Balaban J connectivity index is 1.45. The van der Waals surface area contributed by atoms with E-state index in [0.717, 1.165) is 41.0 Å². The van der Waals surface area contributed by atoms with E-state index in [1.807, 2.05) is 32.0 Å². The molecule has 9 heteroatoms. The molecule has 0 bridgehead atoms. The molecule has 160 valence electrons. The van der Waals surface area contributed by atoms with Crippen LogP contribution in [0.4, 0.5) is 20.6 Å². The number of carbonyl (C=O) groups excluding carboxylic acids is 2. The van der Waals surface area contributed by atoms with Crippen molar-refractivity contribution in [2.45, 2.75) is 32.7 Å². The Kier molecular flexibility index (Phi) is 5.94. The van der Waals surface area contributed by atoms with Crippen LogP contribution in [0.3, 0.4) is 0 Å². The van der Waals surface area contributed by atoms with Crippen LogP contribution < -0.4 is 10.6 Å². The van der Waals surface area contributed by atoms with Gasteiger partial charge in [-0.25, -0.2) is 9.18 Å². The van der Waals surface area contributed by atoms with Crippen molar-refractivity contribution in [2.75, 3.05) is 17.2 Å². The van der Waals surface area contributed by atoms with Gasteiger partial charge in [0.25, 0.3) is 5.91 Å². The molecular weight excluding hydrogens is 417 g/mol. The number of nitrogens with one attached hydrogen (secondary N) is 2. The van der Waals surface area contributed by atoms with Gasteiger partial charge >= 0.3 is 6.03 Å². The SMILES string of the molecule is Cc1ccc(NC(=O)N2CCCC2c2nnc(C(=O)Nc3cccc(F)c3)s2)cc1C. The molecule has 1 aliphatic heterocycles. The van der Waals surface area contributed by atoms with Crippen LogP contribution in [0.1, 0.15) is 44.8 Å². The van der Waals surface area contributed by atoms with E-state index < -0.39 is 11.7 Å². The highest BCUT2D eigenvalue weighted by atomic mass is 32.1. The van der Waals surface area contributed by atoms with E-state index in [2.05, 4.69) is 20.8 Å². The van der Waals surface area contributed by atoms with Gasteiger partial charge in [-0.1, -0.05) is 23.5 Å². The number of benzene rings is 2. The predicted octanol–water partition coefficient (Wildman–Crippen LogP) is 4.92. The van der Waals surface area contributed by atoms with Crippen molar-refractivity contribution < 1.29 is 14.0 Å². The van der Waals surface area contributed by atoms with Gasteiger partial charge < -0.3 is 15.5 Å². The van der Waals surface area contributed by atoms with Gasteiger partial charge in [-0.2, -0.15) is 0 Å². The van der Waals surface area contributed by atoms with E-state index in [9.17, 15) is 14.0 Å². The van der Waals surface area contributed by atoms with Gasteiger partial charge in [0.2, 0.25) is 5.01 Å². The van der Waals surface area contributed by atoms with E-state index >= 15 is 0 Å². The molecule has 2 N–H and O–H groups in total. The van der Waals surface area contributed by atoms with Gasteiger partial charge in [0, 0.05) is 17.9 Å². The molecule has 3 amide bonds. The van der Waals surface area contributed by atoms with E-state index in [-0.39, 0.29) is 17.1 Å². The molecule has 3 aromatic rings. The summed E-state index contributed by atoms with van der Waals surface area (Å²) in [5.74, 6) is -0.898. The van der Waals surface area contributed by atoms with E-state index in [4.69, 9.17) is 0 Å². The Morgan fingerprint density at radius 1 is 1.06 bits per heavy atom. The molecular formula is C22H22FN5O2S. The lowest BCUT2D eigenvalue weighted by molar-refractivity contribution is 0.102. The summed E-state index contributed by atoms with van der Waals surface area (Å²) < 4.78 is 13.3. The van der Waals surface area contributed by atoms with Crippen molar-refractivity contribution in [3.05, 3.63) is 69.4 Å². The maximum atomic E-state index is 13.3. The number of likely N-dealkylation sites (tertiary alicyclic amines) is 1. The van der Waals surface area contributed by atoms with E-state index in [1.165, 1.54) is 18.2 Å². The first-order chi connectivity index (χ1) is 14.9. The summed E-state index contributed by atoms with van der Waals surface area (Å²) in [4.78, 5) is 27.0. The molecule has 1 saturated heterocycles. The highest BCUT2D eigenvalue weighted by Gasteiger charge is 2.33. The maximum absolute atomic E-state index is 13.3. The first kappa shape index (κ1) is 20.9. The summed E-state index contributed by atoms with van der Waals surface area (Å²) in [5, 5.41) is 14.5. The van der Waals surface area contributed by atoms with Crippen LogP contribution in [0.5, 0.6) is 0 Å². The van der Waals surface area contributed by atoms with E-state index in [0.29, 0.717) is 17.2 Å². The van der Waals surface area contributed by atoms with Crippen LogP contribution >= 0.6 is 11.3 Å². The normalized spacial score (nSPS) is 15.7. The Bertz CT molecular complexity index is 1130. The van der Waals surface area contributed by atoms with Crippen molar-refractivity contribution in [1.82, 2.24) is 15.1 Å². The standard InChI is InChI=1S/C22H22FN5O2S/c1-13-8-9-17(11-14(13)2)25-22(30)28-10-4-7-18(28)20-26-27-21(31-20)19(29)24-16-6-3-5-15(23)12-16/h3,5-6,8-9,11-12,18H,4,7,10H2,1-2H3,(H,24,29)(H,25,30). The molecule has 0 aliphatic carbocycles. The number of halogens is 1. The lowest BCUT2D eigenvalue weighted by atomic mass is 10.1. The number of amides is 3. The van der Waals surface area contributed by atoms with Crippen LogP contribution in [0, 0.1) is 19.7 Å². The Morgan fingerprint density at radius 3 is 2.65 bits per heavy atom. The van der Waals surface area contributed by atoms with Crippen LogP contribution in [0.15, 0.2) is 42.5 Å². The summed E-state index contributed by atoms with van der Waals surface area (Å²) in [5.41, 5.74) is 3.35. The van der Waals surface area contributed by atoms with Crippen molar-refractivity contribution in [3.63, 3.8) is 0 Å². The summed E-state index contributed by atoms with van der Waals surface area (Å²) in [6.45, 7) is 4.63. The Hall–Kier alpha value is -3.33. The summed E-state index contributed by atoms with van der Waals surface area (Å²) in [6.07, 6.45) is 1.59. The zero-order chi connectivity index (χ0) is 22.0. The molecule has 0 spiro atoms. The minimum Gasteiger partial charge on any atom is -0.320 e. The molecule has 4 rings (SSSR count). The highest BCUT2D eigenvalue weighted by molar-refractivity contribution is 7.13. The number of aromatic nitrogens is 2. The second-order valence-corrected chi connectivity index (χ2v) is 8.50. The number of nitrogens with zero attached hydrogens (tertiary/aromatic N) is 3. The Morgan fingerprint density at radius 2 is 1.87 bits per heavy atom. The average Bonchev–Trinajstić information content (AvgIpc) is 3.40. The molecule has 31 heavy (non-hydrogen) atoms. The smallest absolute Gasteiger partial charge is 0.320 e. The predicted molar refractivity (Wildman–Crippen MR) is 118 cm³/mol. The third-order valence-electron chi connectivity index (χ3n) is 5.27. The van der Waals surface area contributed by atoms with Crippen LogP contribution in [-0.4, -0.2) is 33.6 Å². The van der Waals surface area contributed by atoms with Gasteiger partial charge in [-0.15, -0.1) is 10.2 Å². The number of hydrogen-bond donors (Lipinski definition) is 2. The van der Waals surface area contributed by atoms with Gasteiger partial charge in [0.15, 0.2) is 0 Å². The molecule has 2 heterocycles. The molecule has 1 atom stereocenters. The fraction of sp³-hybridized carbons (Fsp3) is 0.273. The van der Waals surface area contributed by atoms with Crippen molar-refractivity contribution >= 4 is 34.6 Å². The monoisotopic (exact) mass is 439 g/mol. The third kappa shape index (κ3) is 4.72. The highest BCUT2D eigenvalue weighted by Crippen LogP contribution is 2.34.